The van der Waals surface area contributed by atoms with Crippen molar-refractivity contribution < 1.29 is 9.59 Å². The number of carbonyl (C=O) groups is 2. The molecule has 1 aliphatic heterocycles. The van der Waals surface area contributed by atoms with E-state index in [0.717, 1.165) is 37.1 Å². The second kappa shape index (κ2) is 7.43. The van der Waals surface area contributed by atoms with Crippen LogP contribution in [0.3, 0.4) is 0 Å². The summed E-state index contributed by atoms with van der Waals surface area (Å²) in [5.41, 5.74) is 3.84. The molecule has 4 rings (SSSR count). The molecule has 0 radical (unpaired) electrons. The molecule has 0 aromatic heterocycles. The summed E-state index contributed by atoms with van der Waals surface area (Å²) in [5, 5.41) is 2.99. The molecule has 0 spiro atoms. The van der Waals surface area contributed by atoms with Crippen molar-refractivity contribution in [2.45, 2.75) is 38.8 Å². The number of anilines is 1. The van der Waals surface area contributed by atoms with Crippen LogP contribution in [0.15, 0.2) is 48.5 Å². The fourth-order valence-corrected chi connectivity index (χ4v) is 3.49. The summed E-state index contributed by atoms with van der Waals surface area (Å²) in [4.78, 5) is 28.8. The van der Waals surface area contributed by atoms with Crippen LogP contribution in [0, 0.1) is 6.92 Å². The van der Waals surface area contributed by atoms with Crippen molar-refractivity contribution in [3.63, 3.8) is 0 Å². The van der Waals surface area contributed by atoms with Crippen molar-refractivity contribution in [3.05, 3.63) is 65.2 Å². The van der Waals surface area contributed by atoms with E-state index in [1.807, 2.05) is 28.0 Å². The lowest BCUT2D eigenvalue weighted by Crippen LogP contribution is -2.49. The van der Waals surface area contributed by atoms with Gasteiger partial charge in [-0.15, -0.1) is 0 Å². The molecule has 1 saturated heterocycles. The first kappa shape index (κ1) is 17.6. The predicted molar refractivity (Wildman–Crippen MR) is 106 cm³/mol. The lowest BCUT2D eigenvalue weighted by Gasteiger charge is -2.35. The van der Waals surface area contributed by atoms with Crippen LogP contribution >= 0.6 is 0 Å². The summed E-state index contributed by atoms with van der Waals surface area (Å²) in [6.45, 7) is 4.16. The molecule has 1 aliphatic carbocycles. The molecule has 0 atom stereocenters. The van der Waals surface area contributed by atoms with E-state index in [-0.39, 0.29) is 11.9 Å². The molecule has 0 unspecified atom stereocenters. The van der Waals surface area contributed by atoms with Crippen molar-refractivity contribution in [2.75, 3.05) is 18.0 Å². The van der Waals surface area contributed by atoms with Gasteiger partial charge in [0.15, 0.2) is 0 Å². The Bertz CT molecular complexity index is 843. The van der Waals surface area contributed by atoms with Crippen LogP contribution in [0.25, 0.3) is 0 Å². The van der Waals surface area contributed by atoms with Crippen molar-refractivity contribution in [1.82, 2.24) is 10.2 Å². The molecule has 5 heteroatoms. The zero-order chi connectivity index (χ0) is 18.8. The molecule has 0 bridgehead atoms. The molecule has 1 heterocycles. The molecule has 1 saturated carbocycles. The van der Waals surface area contributed by atoms with Gasteiger partial charge >= 0.3 is 6.03 Å². The molecule has 5 nitrogen and oxygen atoms in total. The minimum Gasteiger partial charge on any atom is -0.349 e. The molecule has 1 N–H and O–H groups in total. The van der Waals surface area contributed by atoms with Gasteiger partial charge in [-0.3, -0.25) is 9.69 Å². The van der Waals surface area contributed by atoms with Crippen LogP contribution in [0.1, 0.15) is 40.7 Å². The molecule has 2 fully saturated rings. The van der Waals surface area contributed by atoms with Crippen molar-refractivity contribution in [2.24, 2.45) is 0 Å². The monoisotopic (exact) mass is 363 g/mol. The van der Waals surface area contributed by atoms with E-state index < -0.39 is 0 Å². The molecule has 2 aliphatic rings. The highest BCUT2D eigenvalue weighted by molar-refractivity contribution is 5.96. The molecular weight excluding hydrogens is 338 g/mol. The Morgan fingerprint density at radius 2 is 1.89 bits per heavy atom. The first-order chi connectivity index (χ1) is 13.1. The summed E-state index contributed by atoms with van der Waals surface area (Å²) in [5.74, 6) is -0.0323. The Balaban J connectivity index is 1.44. The lowest BCUT2D eigenvalue weighted by atomic mass is 10.1. The number of urea groups is 1. The molecular formula is C22H25N3O2. The Kier molecular flexibility index (Phi) is 4.84. The maximum absolute atomic E-state index is 13.0. The summed E-state index contributed by atoms with van der Waals surface area (Å²) in [6.07, 6.45) is 3.08. The number of hydrogen-bond acceptors (Lipinski definition) is 2. The third kappa shape index (κ3) is 4.13. The van der Waals surface area contributed by atoms with Gasteiger partial charge in [-0.2, -0.15) is 0 Å². The fourth-order valence-electron chi connectivity index (χ4n) is 3.49. The highest BCUT2D eigenvalue weighted by Gasteiger charge is 2.27. The number of benzene rings is 2. The van der Waals surface area contributed by atoms with Gasteiger partial charge in [0, 0.05) is 36.9 Å². The van der Waals surface area contributed by atoms with Crippen LogP contribution in [0.2, 0.25) is 0 Å². The van der Waals surface area contributed by atoms with Gasteiger partial charge in [0.1, 0.15) is 0 Å². The van der Waals surface area contributed by atoms with Crippen LogP contribution in [-0.2, 0) is 6.54 Å². The summed E-state index contributed by atoms with van der Waals surface area (Å²) >= 11 is 0. The maximum Gasteiger partial charge on any atom is 0.324 e. The van der Waals surface area contributed by atoms with Crippen molar-refractivity contribution in [1.29, 1.82) is 0 Å². The van der Waals surface area contributed by atoms with Crippen LogP contribution < -0.4 is 10.2 Å². The van der Waals surface area contributed by atoms with Gasteiger partial charge in [0.05, 0.1) is 0 Å². The smallest absolute Gasteiger partial charge is 0.324 e. The van der Waals surface area contributed by atoms with Crippen molar-refractivity contribution in [3.8, 4) is 0 Å². The minimum absolute atomic E-state index is 0.0259. The van der Waals surface area contributed by atoms with Gasteiger partial charge in [-0.1, -0.05) is 29.8 Å². The summed E-state index contributed by atoms with van der Waals surface area (Å²) in [6, 6.07) is 16.0. The minimum atomic E-state index is -0.0323. The lowest BCUT2D eigenvalue weighted by molar-refractivity contribution is 0.0951. The molecule has 2 aromatic rings. The molecule has 140 valence electrons. The number of nitrogens with one attached hydrogen (secondary N) is 1. The number of rotatable bonds is 5. The van der Waals surface area contributed by atoms with E-state index in [1.54, 1.807) is 12.1 Å². The summed E-state index contributed by atoms with van der Waals surface area (Å²) < 4.78 is 0. The molecule has 2 aromatic carbocycles. The van der Waals surface area contributed by atoms with Gasteiger partial charge in [-0.05, 0) is 56.0 Å². The van der Waals surface area contributed by atoms with Gasteiger partial charge in [-0.25, -0.2) is 4.79 Å². The summed E-state index contributed by atoms with van der Waals surface area (Å²) in [7, 11) is 0. The van der Waals surface area contributed by atoms with Gasteiger partial charge in [0.25, 0.3) is 5.91 Å². The first-order valence-corrected chi connectivity index (χ1v) is 9.63. The van der Waals surface area contributed by atoms with Crippen LogP contribution in [0.4, 0.5) is 10.5 Å². The molecule has 27 heavy (non-hydrogen) atoms. The number of aryl methyl sites for hydroxylation is 1. The first-order valence-electron chi connectivity index (χ1n) is 9.63. The van der Waals surface area contributed by atoms with E-state index in [9.17, 15) is 9.59 Å². The van der Waals surface area contributed by atoms with Crippen LogP contribution in [-0.4, -0.2) is 36.0 Å². The molecule has 3 amide bonds. The quantitative estimate of drug-likeness (QED) is 0.880. The number of nitrogens with zero attached hydrogens (tertiary/aromatic N) is 2. The van der Waals surface area contributed by atoms with E-state index >= 15 is 0 Å². The van der Waals surface area contributed by atoms with Gasteiger partial charge < -0.3 is 10.2 Å². The van der Waals surface area contributed by atoms with E-state index in [1.165, 1.54) is 5.56 Å². The van der Waals surface area contributed by atoms with E-state index in [2.05, 4.69) is 30.4 Å². The Morgan fingerprint density at radius 1 is 1.11 bits per heavy atom. The topological polar surface area (TPSA) is 52.6 Å². The normalized spacial score (nSPS) is 17.1. The highest BCUT2D eigenvalue weighted by Crippen LogP contribution is 2.23. The maximum atomic E-state index is 13.0. The zero-order valence-electron chi connectivity index (χ0n) is 15.6. The Morgan fingerprint density at radius 3 is 2.59 bits per heavy atom. The van der Waals surface area contributed by atoms with E-state index in [4.69, 9.17) is 0 Å². The number of hydrogen-bond donors (Lipinski definition) is 1. The second-order valence-electron chi connectivity index (χ2n) is 7.49. The predicted octanol–water partition coefficient (Wildman–Crippen LogP) is 3.72. The zero-order valence-corrected chi connectivity index (χ0v) is 15.6. The second-order valence-corrected chi connectivity index (χ2v) is 7.49. The third-order valence-electron chi connectivity index (χ3n) is 5.12. The van der Waals surface area contributed by atoms with E-state index in [0.29, 0.717) is 24.7 Å². The fraction of sp³-hybridized carbons (Fsp3) is 0.364. The average Bonchev–Trinajstić information content (AvgIpc) is 3.48. The SMILES string of the molecule is Cc1cccc(CN2CCCN(c3ccc(C(=O)NC4CC4)cc3)C2=O)c1. The average molecular weight is 363 g/mol. The van der Waals surface area contributed by atoms with Gasteiger partial charge in [0.2, 0.25) is 0 Å². The highest BCUT2D eigenvalue weighted by atomic mass is 16.2. The standard InChI is InChI=1S/C22H25N3O2/c1-16-4-2-5-17(14-16)15-24-12-3-13-25(22(24)27)20-10-6-18(7-11-20)21(26)23-19-8-9-19/h2,4-7,10-11,14,19H,3,8-9,12-13,15H2,1H3,(H,23,26). The third-order valence-corrected chi connectivity index (χ3v) is 5.12. The Hall–Kier alpha value is -2.82. The number of amides is 3. The van der Waals surface area contributed by atoms with Crippen LogP contribution in [0.5, 0.6) is 0 Å². The Labute approximate surface area is 160 Å². The largest absolute Gasteiger partial charge is 0.349 e. The number of carbonyl (C=O) groups excluding carboxylic acids is 2. The van der Waals surface area contributed by atoms with Crippen molar-refractivity contribution >= 4 is 17.6 Å².